The third-order valence-electron chi connectivity index (χ3n) is 7.09. The number of halogens is 2. The summed E-state index contributed by atoms with van der Waals surface area (Å²) in [5, 5.41) is 0. The van der Waals surface area contributed by atoms with Crippen LogP contribution in [0.1, 0.15) is 40.1 Å². The number of nitrogens with one attached hydrogen (secondary N) is 1. The van der Waals surface area contributed by atoms with Gasteiger partial charge in [0, 0.05) is 44.5 Å². The van der Waals surface area contributed by atoms with Gasteiger partial charge in [0.15, 0.2) is 0 Å². The van der Waals surface area contributed by atoms with Crippen molar-refractivity contribution in [3.63, 3.8) is 0 Å². The highest BCUT2D eigenvalue weighted by Crippen LogP contribution is 2.25. The molecule has 2 aliphatic rings. The number of alkyl halides is 2. The van der Waals surface area contributed by atoms with Crippen molar-refractivity contribution in [2.45, 2.75) is 36.0 Å². The molecular weight excluding hydrogens is 523 g/mol. The number of hydrogen-bond acceptors (Lipinski definition) is 6. The van der Waals surface area contributed by atoms with Crippen molar-refractivity contribution in [1.29, 1.82) is 0 Å². The molecule has 1 aromatic carbocycles. The Labute approximate surface area is 223 Å². The van der Waals surface area contributed by atoms with E-state index in [1.165, 1.54) is 19.1 Å². The maximum Gasteiger partial charge on any atom is 0.257 e. The van der Waals surface area contributed by atoms with Crippen molar-refractivity contribution < 1.29 is 17.6 Å². The summed E-state index contributed by atoms with van der Waals surface area (Å²) >= 11 is 11.9. The summed E-state index contributed by atoms with van der Waals surface area (Å²) in [4.78, 5) is 19.8. The summed E-state index contributed by atoms with van der Waals surface area (Å²) in [5.41, 5.74) is 1.38. The number of piperazine rings is 1. The van der Waals surface area contributed by atoms with Gasteiger partial charge in [-0.3, -0.25) is 9.69 Å². The predicted molar refractivity (Wildman–Crippen MR) is 141 cm³/mol. The standard InChI is InChI=1S/C25H34Cl2N4O4S/c1-29-7-5-19(6-8-29)17-30-9-11-31(12-10-30)25(32)22-13-23(35-18-22)16-28-36(33,34)24-20(14-26)3-2-4-21(24)15-27/h2-4,13,18-19,28H,5-12,14-17H2,1H3. The van der Waals surface area contributed by atoms with Crippen LogP contribution in [0.2, 0.25) is 0 Å². The van der Waals surface area contributed by atoms with Crippen LogP contribution in [0, 0.1) is 5.92 Å². The zero-order valence-corrected chi connectivity index (χ0v) is 22.9. The molecule has 2 fully saturated rings. The molecule has 2 aliphatic heterocycles. The number of amides is 1. The number of benzene rings is 1. The lowest BCUT2D eigenvalue weighted by Crippen LogP contribution is -2.50. The molecule has 1 amide bonds. The first-order valence-corrected chi connectivity index (χ1v) is 14.9. The van der Waals surface area contributed by atoms with Crippen LogP contribution in [-0.4, -0.2) is 81.9 Å². The molecule has 8 nitrogen and oxygen atoms in total. The second-order valence-corrected chi connectivity index (χ2v) is 11.9. The van der Waals surface area contributed by atoms with Crippen LogP contribution in [0.25, 0.3) is 0 Å². The first-order chi connectivity index (χ1) is 17.3. The van der Waals surface area contributed by atoms with E-state index in [1.54, 1.807) is 24.3 Å². The van der Waals surface area contributed by atoms with Crippen LogP contribution >= 0.6 is 23.2 Å². The molecule has 1 N–H and O–H groups in total. The second-order valence-electron chi connectivity index (χ2n) is 9.64. The zero-order chi connectivity index (χ0) is 25.7. The SMILES string of the molecule is CN1CCC(CN2CCN(C(=O)c3coc(CNS(=O)(=O)c4c(CCl)cccc4CCl)c3)CC2)CC1. The minimum Gasteiger partial charge on any atom is -0.467 e. The quantitative estimate of drug-likeness (QED) is 0.477. The summed E-state index contributed by atoms with van der Waals surface area (Å²) in [6.07, 6.45) is 3.87. The van der Waals surface area contributed by atoms with E-state index in [0.29, 0.717) is 35.5 Å². The van der Waals surface area contributed by atoms with Crippen LogP contribution in [0.3, 0.4) is 0 Å². The Balaban J connectivity index is 1.30. The van der Waals surface area contributed by atoms with E-state index in [9.17, 15) is 13.2 Å². The molecule has 198 valence electrons. The monoisotopic (exact) mass is 556 g/mol. The molecular formula is C25H34Cl2N4O4S. The van der Waals surface area contributed by atoms with Crippen molar-refractivity contribution in [3.8, 4) is 0 Å². The maximum atomic E-state index is 13.0. The van der Waals surface area contributed by atoms with E-state index in [1.807, 2.05) is 4.90 Å². The smallest absolute Gasteiger partial charge is 0.257 e. The van der Waals surface area contributed by atoms with Gasteiger partial charge in [-0.1, -0.05) is 18.2 Å². The predicted octanol–water partition coefficient (Wildman–Crippen LogP) is 3.34. The molecule has 0 saturated carbocycles. The van der Waals surface area contributed by atoms with Gasteiger partial charge < -0.3 is 14.2 Å². The topological polar surface area (TPSA) is 86.1 Å². The lowest BCUT2D eigenvalue weighted by atomic mass is 9.96. The van der Waals surface area contributed by atoms with Crippen molar-refractivity contribution in [2.24, 2.45) is 5.92 Å². The van der Waals surface area contributed by atoms with Gasteiger partial charge in [-0.25, -0.2) is 13.1 Å². The number of rotatable bonds is 9. The summed E-state index contributed by atoms with van der Waals surface area (Å²) in [7, 11) is -1.70. The molecule has 2 saturated heterocycles. The van der Waals surface area contributed by atoms with Gasteiger partial charge in [-0.05, 0) is 56.1 Å². The normalized spacial score (nSPS) is 18.6. The van der Waals surface area contributed by atoms with E-state index >= 15 is 0 Å². The lowest BCUT2D eigenvalue weighted by molar-refractivity contribution is 0.0593. The fourth-order valence-corrected chi connectivity index (χ4v) is 6.99. The van der Waals surface area contributed by atoms with E-state index in [4.69, 9.17) is 27.6 Å². The zero-order valence-electron chi connectivity index (χ0n) is 20.6. The summed E-state index contributed by atoms with van der Waals surface area (Å²) in [6, 6.07) is 6.66. The number of likely N-dealkylation sites (tertiary alicyclic amines) is 1. The molecule has 0 radical (unpaired) electrons. The van der Waals surface area contributed by atoms with E-state index in [0.717, 1.165) is 38.6 Å². The Morgan fingerprint density at radius 1 is 1.06 bits per heavy atom. The fourth-order valence-electron chi connectivity index (χ4n) is 4.94. The molecule has 1 aromatic heterocycles. The Kier molecular flexibility index (Phi) is 9.35. The van der Waals surface area contributed by atoms with Crippen LogP contribution in [0.4, 0.5) is 0 Å². The Bertz CT molecular complexity index is 1120. The van der Waals surface area contributed by atoms with E-state index < -0.39 is 10.0 Å². The number of furan rings is 1. The highest BCUT2D eigenvalue weighted by atomic mass is 35.5. The Morgan fingerprint density at radius 3 is 2.31 bits per heavy atom. The summed E-state index contributed by atoms with van der Waals surface area (Å²) < 4.78 is 34.0. The van der Waals surface area contributed by atoms with Crippen LogP contribution in [0.5, 0.6) is 0 Å². The van der Waals surface area contributed by atoms with Gasteiger partial charge in [0.25, 0.3) is 5.91 Å². The van der Waals surface area contributed by atoms with Gasteiger partial charge in [0.1, 0.15) is 12.0 Å². The van der Waals surface area contributed by atoms with Gasteiger partial charge >= 0.3 is 0 Å². The van der Waals surface area contributed by atoms with Crippen LogP contribution < -0.4 is 4.72 Å². The number of piperidine rings is 1. The molecule has 0 unspecified atom stereocenters. The molecule has 4 rings (SSSR count). The van der Waals surface area contributed by atoms with Gasteiger partial charge in [-0.15, -0.1) is 23.2 Å². The van der Waals surface area contributed by atoms with Crippen molar-refractivity contribution in [2.75, 3.05) is 52.9 Å². The number of carbonyl (C=O) groups excluding carboxylic acids is 1. The third kappa shape index (κ3) is 6.62. The maximum absolute atomic E-state index is 13.0. The van der Waals surface area contributed by atoms with E-state index in [-0.39, 0.29) is 29.1 Å². The third-order valence-corrected chi connectivity index (χ3v) is 9.25. The largest absolute Gasteiger partial charge is 0.467 e. The Morgan fingerprint density at radius 2 is 1.69 bits per heavy atom. The molecule has 11 heteroatoms. The average molecular weight is 558 g/mol. The number of nitrogens with zero attached hydrogens (tertiary/aromatic N) is 3. The number of carbonyl (C=O) groups is 1. The van der Waals surface area contributed by atoms with Gasteiger partial charge in [0.2, 0.25) is 10.0 Å². The van der Waals surface area contributed by atoms with Gasteiger partial charge in [-0.2, -0.15) is 0 Å². The lowest BCUT2D eigenvalue weighted by Gasteiger charge is -2.38. The first kappa shape index (κ1) is 27.4. The minimum atomic E-state index is -3.88. The first-order valence-electron chi connectivity index (χ1n) is 12.3. The second kappa shape index (κ2) is 12.3. The molecule has 0 spiro atoms. The number of sulfonamides is 1. The van der Waals surface area contributed by atoms with Crippen molar-refractivity contribution in [1.82, 2.24) is 19.4 Å². The molecule has 36 heavy (non-hydrogen) atoms. The summed E-state index contributed by atoms with van der Waals surface area (Å²) in [5.74, 6) is 1.10. The molecule has 0 bridgehead atoms. The Hall–Kier alpha value is -1.62. The molecule has 3 heterocycles. The van der Waals surface area contributed by atoms with Crippen LogP contribution in [0.15, 0.2) is 39.8 Å². The highest BCUT2D eigenvalue weighted by molar-refractivity contribution is 7.89. The molecule has 0 aliphatic carbocycles. The molecule has 2 aromatic rings. The highest BCUT2D eigenvalue weighted by Gasteiger charge is 2.27. The van der Waals surface area contributed by atoms with Crippen LogP contribution in [-0.2, 0) is 28.3 Å². The minimum absolute atomic E-state index is 0.0473. The van der Waals surface area contributed by atoms with E-state index in [2.05, 4.69) is 21.6 Å². The fraction of sp³-hybridized carbons (Fsp3) is 0.560. The number of hydrogen-bond donors (Lipinski definition) is 1. The van der Waals surface area contributed by atoms with Crippen molar-refractivity contribution in [3.05, 3.63) is 53.0 Å². The average Bonchev–Trinajstić information content (AvgIpc) is 3.37. The van der Waals surface area contributed by atoms with Gasteiger partial charge in [0.05, 0.1) is 17.0 Å². The van der Waals surface area contributed by atoms with Crippen molar-refractivity contribution >= 4 is 39.1 Å². The molecule has 0 atom stereocenters. The summed E-state index contributed by atoms with van der Waals surface area (Å²) in [6.45, 7) is 6.42.